The van der Waals surface area contributed by atoms with Crippen LogP contribution in [0.3, 0.4) is 0 Å². The highest BCUT2D eigenvalue weighted by Crippen LogP contribution is 2.37. The second-order valence-corrected chi connectivity index (χ2v) is 10.4. The van der Waals surface area contributed by atoms with E-state index in [1.165, 1.54) is 22.3 Å². The molecular formula is C30H44N2. The van der Waals surface area contributed by atoms with Crippen LogP contribution >= 0.6 is 0 Å². The molecule has 0 heterocycles. The summed E-state index contributed by atoms with van der Waals surface area (Å²) < 4.78 is 0. The Morgan fingerprint density at radius 2 is 0.750 bits per heavy atom. The van der Waals surface area contributed by atoms with Gasteiger partial charge in [-0.25, -0.2) is 0 Å². The number of aliphatic imine (C=N–C) groups is 2. The van der Waals surface area contributed by atoms with Crippen molar-refractivity contribution in [3.63, 3.8) is 0 Å². The molecule has 0 aliphatic heterocycles. The topological polar surface area (TPSA) is 24.7 Å². The third-order valence-corrected chi connectivity index (χ3v) is 6.51. The van der Waals surface area contributed by atoms with Crippen molar-refractivity contribution >= 4 is 22.8 Å². The van der Waals surface area contributed by atoms with Crippen LogP contribution in [0.25, 0.3) is 0 Å². The van der Waals surface area contributed by atoms with Crippen LogP contribution in [0.1, 0.15) is 122 Å². The molecule has 2 rings (SSSR count). The SMILES string of the molecule is CC(=Nc1c(C(C)C)cccc1C(C)C)C(C)C(C)=Nc1c(C(C)C)cccc1C(C)C. The fourth-order valence-electron chi connectivity index (χ4n) is 4.13. The molecule has 0 amide bonds. The fraction of sp³-hybridized carbons (Fsp3) is 0.533. The van der Waals surface area contributed by atoms with Gasteiger partial charge in [0.15, 0.2) is 0 Å². The quantitative estimate of drug-likeness (QED) is 0.371. The van der Waals surface area contributed by atoms with E-state index in [1.807, 2.05) is 0 Å². The highest BCUT2D eigenvalue weighted by Gasteiger charge is 2.18. The van der Waals surface area contributed by atoms with Crippen molar-refractivity contribution < 1.29 is 0 Å². The Morgan fingerprint density at radius 3 is 0.969 bits per heavy atom. The highest BCUT2D eigenvalue weighted by molar-refractivity contribution is 6.07. The number of hydrogen-bond acceptors (Lipinski definition) is 2. The highest BCUT2D eigenvalue weighted by atomic mass is 14.8. The van der Waals surface area contributed by atoms with Crippen molar-refractivity contribution in [2.75, 3.05) is 0 Å². The summed E-state index contributed by atoms with van der Waals surface area (Å²) in [6.07, 6.45) is 0. The summed E-state index contributed by atoms with van der Waals surface area (Å²) in [6.45, 7) is 24.5. The van der Waals surface area contributed by atoms with Crippen LogP contribution in [0.4, 0.5) is 11.4 Å². The lowest BCUT2D eigenvalue weighted by molar-refractivity contribution is 0.832. The predicted octanol–water partition coefficient (Wildman–Crippen LogP) is 9.70. The summed E-state index contributed by atoms with van der Waals surface area (Å²) in [6, 6.07) is 13.2. The second-order valence-electron chi connectivity index (χ2n) is 10.4. The van der Waals surface area contributed by atoms with Gasteiger partial charge in [-0.15, -0.1) is 0 Å². The zero-order valence-corrected chi connectivity index (χ0v) is 22.2. The molecule has 0 saturated heterocycles. The minimum absolute atomic E-state index is 0.176. The molecule has 32 heavy (non-hydrogen) atoms. The van der Waals surface area contributed by atoms with Crippen molar-refractivity contribution in [2.24, 2.45) is 15.9 Å². The van der Waals surface area contributed by atoms with Gasteiger partial charge in [-0.2, -0.15) is 0 Å². The smallest absolute Gasteiger partial charge is 0.0698 e. The molecule has 0 fully saturated rings. The monoisotopic (exact) mass is 432 g/mol. The molecule has 0 spiro atoms. The van der Waals surface area contributed by atoms with Crippen LogP contribution in [0.5, 0.6) is 0 Å². The second kappa shape index (κ2) is 11.1. The van der Waals surface area contributed by atoms with E-state index in [1.54, 1.807) is 0 Å². The van der Waals surface area contributed by atoms with E-state index in [0.29, 0.717) is 23.7 Å². The van der Waals surface area contributed by atoms with Gasteiger partial charge >= 0.3 is 0 Å². The first-order valence-corrected chi connectivity index (χ1v) is 12.3. The maximum atomic E-state index is 5.21. The Morgan fingerprint density at radius 1 is 0.500 bits per heavy atom. The number of hydrogen-bond donors (Lipinski definition) is 0. The molecule has 0 unspecified atom stereocenters. The molecule has 0 aromatic heterocycles. The molecule has 0 aliphatic carbocycles. The number of nitrogens with zero attached hydrogens (tertiary/aromatic N) is 2. The largest absolute Gasteiger partial charge is 0.257 e. The van der Waals surface area contributed by atoms with Gasteiger partial charge in [0.2, 0.25) is 0 Å². The van der Waals surface area contributed by atoms with E-state index in [4.69, 9.17) is 9.98 Å². The summed E-state index contributed by atoms with van der Waals surface area (Å²) >= 11 is 0. The van der Waals surface area contributed by atoms with Crippen LogP contribution in [-0.2, 0) is 0 Å². The van der Waals surface area contributed by atoms with E-state index in [0.717, 1.165) is 22.8 Å². The van der Waals surface area contributed by atoms with Crippen molar-refractivity contribution in [1.29, 1.82) is 0 Å². The minimum atomic E-state index is 0.176. The summed E-state index contributed by atoms with van der Waals surface area (Å²) in [5, 5.41) is 0. The van der Waals surface area contributed by atoms with Gasteiger partial charge in [0.1, 0.15) is 0 Å². The predicted molar refractivity (Wildman–Crippen MR) is 144 cm³/mol. The molecule has 0 radical (unpaired) electrons. The molecule has 2 nitrogen and oxygen atoms in total. The van der Waals surface area contributed by atoms with Crippen molar-refractivity contribution in [1.82, 2.24) is 0 Å². The Labute approximate surface area is 197 Å². The summed E-state index contributed by atoms with van der Waals surface area (Å²) in [7, 11) is 0. The Bertz CT molecular complexity index is 842. The molecule has 0 aliphatic rings. The first kappa shape index (κ1) is 26.0. The van der Waals surface area contributed by atoms with Crippen LogP contribution in [0.15, 0.2) is 46.4 Å². The summed E-state index contributed by atoms with van der Waals surface area (Å²) in [4.78, 5) is 10.4. The summed E-state index contributed by atoms with van der Waals surface area (Å²) in [5.74, 6) is 1.94. The Kier molecular flexibility index (Phi) is 9.01. The van der Waals surface area contributed by atoms with Gasteiger partial charge in [-0.3, -0.25) is 9.98 Å². The third kappa shape index (κ3) is 5.97. The van der Waals surface area contributed by atoms with Gasteiger partial charge in [-0.1, -0.05) is 98.7 Å². The first-order valence-electron chi connectivity index (χ1n) is 12.3. The van der Waals surface area contributed by atoms with E-state index >= 15 is 0 Å². The van der Waals surface area contributed by atoms with Crippen LogP contribution < -0.4 is 0 Å². The lowest BCUT2D eigenvalue weighted by Crippen LogP contribution is -2.16. The summed E-state index contributed by atoms with van der Waals surface area (Å²) in [5.41, 5.74) is 9.84. The van der Waals surface area contributed by atoms with Crippen LogP contribution in [-0.4, -0.2) is 11.4 Å². The molecule has 0 saturated carbocycles. The first-order chi connectivity index (χ1) is 15.0. The zero-order chi connectivity index (χ0) is 24.2. The molecule has 0 atom stereocenters. The maximum absolute atomic E-state index is 5.21. The van der Waals surface area contributed by atoms with E-state index in [-0.39, 0.29) is 5.92 Å². The Balaban J connectivity index is 2.55. The molecule has 2 heteroatoms. The van der Waals surface area contributed by atoms with Crippen molar-refractivity contribution in [3.05, 3.63) is 58.7 Å². The maximum Gasteiger partial charge on any atom is 0.0698 e. The lowest BCUT2D eigenvalue weighted by atomic mass is 9.92. The van der Waals surface area contributed by atoms with Gasteiger partial charge < -0.3 is 0 Å². The van der Waals surface area contributed by atoms with E-state index < -0.39 is 0 Å². The van der Waals surface area contributed by atoms with Crippen molar-refractivity contribution in [3.8, 4) is 0 Å². The van der Waals surface area contributed by atoms with Crippen molar-refractivity contribution in [2.45, 2.75) is 99.8 Å². The average molecular weight is 433 g/mol. The fourth-order valence-corrected chi connectivity index (χ4v) is 4.13. The molecule has 174 valence electrons. The molecular weight excluding hydrogens is 388 g/mol. The Hall–Kier alpha value is -2.22. The van der Waals surface area contributed by atoms with Gasteiger partial charge in [0.25, 0.3) is 0 Å². The number of rotatable bonds is 8. The minimum Gasteiger partial charge on any atom is -0.257 e. The lowest BCUT2D eigenvalue weighted by Gasteiger charge is -2.20. The standard InChI is InChI=1S/C30H44N2/c1-18(2)25-14-12-15-26(19(3)4)29(25)31-23(10)22(9)24(11)32-30-27(20(5)6)16-13-17-28(30)21(7)8/h12-22H,1-11H3. The molecule has 0 bridgehead atoms. The molecule has 2 aromatic rings. The van der Waals surface area contributed by atoms with Crippen LogP contribution in [0.2, 0.25) is 0 Å². The van der Waals surface area contributed by atoms with E-state index in [2.05, 4.69) is 113 Å². The van der Waals surface area contributed by atoms with Crippen LogP contribution in [0, 0.1) is 5.92 Å². The molecule has 2 aromatic carbocycles. The van der Waals surface area contributed by atoms with Gasteiger partial charge in [-0.05, 0) is 59.8 Å². The van der Waals surface area contributed by atoms with Gasteiger partial charge in [0.05, 0.1) is 11.4 Å². The zero-order valence-electron chi connectivity index (χ0n) is 22.2. The number of benzene rings is 2. The number of para-hydroxylation sites is 2. The third-order valence-electron chi connectivity index (χ3n) is 6.51. The normalized spacial score (nSPS) is 14.2. The molecule has 0 N–H and O–H groups in total. The average Bonchev–Trinajstić information content (AvgIpc) is 2.72. The van der Waals surface area contributed by atoms with Gasteiger partial charge in [0, 0.05) is 17.3 Å². The van der Waals surface area contributed by atoms with E-state index in [9.17, 15) is 0 Å².